The minimum Gasteiger partial charge on any atom is -0.488 e. The third-order valence-electron chi connectivity index (χ3n) is 12.6. The maximum Gasteiger partial charge on any atom is 0.407 e. The molecule has 15 nitrogen and oxygen atoms in total. The number of imidazole rings is 1. The molecule has 8 rings (SSSR count). The number of H-pyrrole nitrogens is 1. The standard InChI is InChI=1S/C46H55N7O8/c1-24(2)40(50-45(56)59-6)43(54)52-14-8-9-37(52)42-47-20-36(49-42)28-10-12-30-29(16-28)23-61-39-19-31-27(17-33(30)39)11-13-34-32(31)18-35(48-34)38-15-26(22-58-5)21-53(38)44(55)41(25(3)4)51-46(57)60-7/h10-13,16-17,19-20,24-26,37-38,40-41H,8-9,14-15,18,21-23H2,1-7H3,(H,47,49)(H,50,56)(H,51,57)/t26-,37-,38-,40-,41-/m0/s1. The molecule has 2 saturated heterocycles. The Hall–Kier alpha value is -5.96. The Morgan fingerprint density at radius 1 is 0.885 bits per heavy atom. The van der Waals surface area contributed by atoms with Crippen LogP contribution in [0, 0.1) is 17.8 Å². The highest BCUT2D eigenvalue weighted by Gasteiger charge is 2.43. The molecule has 3 N–H and O–H groups in total. The van der Waals surface area contributed by atoms with E-state index in [0.717, 1.165) is 80.7 Å². The van der Waals surface area contributed by atoms with Gasteiger partial charge in [-0.05, 0) is 88.4 Å². The van der Waals surface area contributed by atoms with Gasteiger partial charge in [0.05, 0.1) is 50.5 Å². The lowest BCUT2D eigenvalue weighted by Gasteiger charge is -2.31. The van der Waals surface area contributed by atoms with Crippen molar-refractivity contribution < 1.29 is 38.1 Å². The molecule has 15 heteroatoms. The van der Waals surface area contributed by atoms with E-state index in [1.807, 2.05) is 43.7 Å². The second-order valence-corrected chi connectivity index (χ2v) is 17.2. The van der Waals surface area contributed by atoms with E-state index in [1.165, 1.54) is 14.2 Å². The van der Waals surface area contributed by atoms with Crippen molar-refractivity contribution in [1.82, 2.24) is 30.4 Å². The van der Waals surface area contributed by atoms with Gasteiger partial charge in [0.15, 0.2) is 0 Å². The van der Waals surface area contributed by atoms with Crippen LogP contribution in [-0.4, -0.2) is 109 Å². The molecule has 3 aromatic carbocycles. The first-order chi connectivity index (χ1) is 29.4. The van der Waals surface area contributed by atoms with Crippen LogP contribution in [0.4, 0.5) is 15.3 Å². The number of aromatic nitrogens is 2. The normalized spacial score (nSPS) is 20.1. The van der Waals surface area contributed by atoms with Crippen molar-refractivity contribution in [2.24, 2.45) is 22.7 Å². The van der Waals surface area contributed by atoms with E-state index < -0.39 is 24.3 Å². The zero-order chi connectivity index (χ0) is 43.1. The van der Waals surface area contributed by atoms with Crippen LogP contribution in [0.1, 0.15) is 70.0 Å². The van der Waals surface area contributed by atoms with E-state index in [2.05, 4.69) is 58.1 Å². The van der Waals surface area contributed by atoms with Gasteiger partial charge in [0, 0.05) is 43.8 Å². The number of nitrogens with one attached hydrogen (secondary N) is 3. The SMILES string of the molecule is COC[C@H]1C[C@@H](C2=Nc3ccc4cc5c(cc4c3C2)OCc2cc(-c3cnc([C@@H]4CCCN4C(=O)[C@@H](NC(=O)OC)C(C)C)[nH]3)ccc2-5)N(C(=O)[C@@H](NC(=O)OC)C(C)C)C1. The predicted octanol–water partition coefficient (Wildman–Crippen LogP) is 6.71. The molecule has 4 amide bonds. The summed E-state index contributed by atoms with van der Waals surface area (Å²) in [7, 11) is 4.26. The first-order valence-electron chi connectivity index (χ1n) is 21.2. The maximum absolute atomic E-state index is 14.1. The number of likely N-dealkylation sites (tertiary alicyclic amines) is 2. The number of hydrogen-bond acceptors (Lipinski definition) is 10. The number of aromatic amines is 1. The summed E-state index contributed by atoms with van der Waals surface area (Å²) in [6, 6.07) is 12.9. The molecule has 4 aliphatic rings. The summed E-state index contributed by atoms with van der Waals surface area (Å²) in [5, 5.41) is 7.60. The van der Waals surface area contributed by atoms with Gasteiger partial charge in [-0.25, -0.2) is 14.6 Å². The third kappa shape index (κ3) is 8.03. The number of carbonyl (C=O) groups is 4. The molecule has 4 aromatic rings. The van der Waals surface area contributed by atoms with Gasteiger partial charge in [0.25, 0.3) is 0 Å². The van der Waals surface area contributed by atoms with Crippen molar-refractivity contribution in [3.63, 3.8) is 0 Å². The lowest BCUT2D eigenvalue weighted by atomic mass is 9.90. The number of hydrogen-bond donors (Lipinski definition) is 3. The summed E-state index contributed by atoms with van der Waals surface area (Å²) in [4.78, 5) is 69.0. The monoisotopic (exact) mass is 833 g/mol. The zero-order valence-corrected chi connectivity index (χ0v) is 35.9. The molecule has 0 radical (unpaired) electrons. The highest BCUT2D eigenvalue weighted by Crippen LogP contribution is 2.45. The number of ether oxygens (including phenoxy) is 4. The molecular weight excluding hydrogens is 779 g/mol. The average molecular weight is 834 g/mol. The Kier molecular flexibility index (Phi) is 11.8. The summed E-state index contributed by atoms with van der Waals surface area (Å²) < 4.78 is 21.6. The predicted molar refractivity (Wildman–Crippen MR) is 230 cm³/mol. The molecule has 0 aliphatic carbocycles. The molecule has 5 heterocycles. The van der Waals surface area contributed by atoms with Gasteiger partial charge in [-0.15, -0.1) is 0 Å². The number of fused-ring (bicyclic) bond motifs is 6. The zero-order valence-electron chi connectivity index (χ0n) is 35.9. The van der Waals surface area contributed by atoms with E-state index >= 15 is 0 Å². The average Bonchev–Trinajstić information content (AvgIpc) is 4.09. The van der Waals surface area contributed by atoms with Gasteiger partial charge in [-0.2, -0.15) is 0 Å². The van der Waals surface area contributed by atoms with E-state index in [1.54, 1.807) is 7.11 Å². The number of nitrogens with zero attached hydrogens (tertiary/aromatic N) is 4. The van der Waals surface area contributed by atoms with Crippen LogP contribution in [0.3, 0.4) is 0 Å². The molecule has 2 fully saturated rings. The minimum atomic E-state index is -0.733. The molecular formula is C46H55N7O8. The number of aliphatic imine (C=N–C) groups is 1. The molecule has 322 valence electrons. The molecule has 0 bridgehead atoms. The molecule has 5 atom stereocenters. The van der Waals surface area contributed by atoms with Gasteiger partial charge in [0.2, 0.25) is 11.8 Å². The Balaban J connectivity index is 1.01. The van der Waals surface area contributed by atoms with E-state index in [0.29, 0.717) is 38.5 Å². The summed E-state index contributed by atoms with van der Waals surface area (Å²) in [5.41, 5.74) is 7.89. The van der Waals surface area contributed by atoms with Crippen molar-refractivity contribution in [1.29, 1.82) is 0 Å². The lowest BCUT2D eigenvalue weighted by Crippen LogP contribution is -2.53. The largest absolute Gasteiger partial charge is 0.488 e. The summed E-state index contributed by atoms with van der Waals surface area (Å²) in [6.45, 7) is 9.64. The maximum atomic E-state index is 14.1. The molecule has 0 unspecified atom stereocenters. The van der Waals surface area contributed by atoms with Crippen LogP contribution in [0.15, 0.2) is 53.7 Å². The second-order valence-electron chi connectivity index (χ2n) is 17.2. The third-order valence-corrected chi connectivity index (χ3v) is 12.6. The fourth-order valence-electron chi connectivity index (χ4n) is 9.45. The van der Waals surface area contributed by atoms with Crippen molar-refractivity contribution >= 4 is 46.2 Å². The van der Waals surface area contributed by atoms with Crippen LogP contribution in [0.25, 0.3) is 33.2 Å². The number of methoxy groups -OCH3 is 3. The van der Waals surface area contributed by atoms with Gasteiger partial charge < -0.3 is 44.4 Å². The smallest absolute Gasteiger partial charge is 0.407 e. The number of amides is 4. The molecule has 61 heavy (non-hydrogen) atoms. The van der Waals surface area contributed by atoms with Gasteiger partial charge >= 0.3 is 12.2 Å². The second kappa shape index (κ2) is 17.2. The first kappa shape index (κ1) is 41.8. The van der Waals surface area contributed by atoms with Crippen LogP contribution >= 0.6 is 0 Å². The van der Waals surface area contributed by atoms with Crippen molar-refractivity contribution in [3.8, 4) is 28.1 Å². The van der Waals surface area contributed by atoms with Gasteiger partial charge in [-0.3, -0.25) is 14.6 Å². The topological polar surface area (TPSA) is 177 Å². The first-order valence-corrected chi connectivity index (χ1v) is 21.2. The highest BCUT2D eigenvalue weighted by molar-refractivity contribution is 6.06. The number of rotatable bonds is 11. The lowest BCUT2D eigenvalue weighted by molar-refractivity contribution is -0.135. The van der Waals surface area contributed by atoms with Gasteiger partial charge in [-0.1, -0.05) is 45.9 Å². The van der Waals surface area contributed by atoms with Crippen molar-refractivity contribution in [3.05, 3.63) is 65.6 Å². The molecule has 4 aliphatic heterocycles. The van der Waals surface area contributed by atoms with E-state index in [4.69, 9.17) is 28.9 Å². The Morgan fingerprint density at radius 3 is 2.30 bits per heavy atom. The summed E-state index contributed by atoms with van der Waals surface area (Å²) in [5.74, 6) is 1.10. The Labute approximate surface area is 355 Å². The summed E-state index contributed by atoms with van der Waals surface area (Å²) >= 11 is 0. The quantitative estimate of drug-likeness (QED) is 0.148. The highest BCUT2D eigenvalue weighted by atomic mass is 16.5. The van der Waals surface area contributed by atoms with Crippen LogP contribution < -0.4 is 15.4 Å². The van der Waals surface area contributed by atoms with Gasteiger partial charge in [0.1, 0.15) is 30.3 Å². The van der Waals surface area contributed by atoms with Crippen LogP contribution in [0.2, 0.25) is 0 Å². The number of carbonyl (C=O) groups excluding carboxylic acids is 4. The molecule has 0 spiro atoms. The van der Waals surface area contributed by atoms with E-state index in [-0.39, 0.29) is 41.7 Å². The minimum absolute atomic E-state index is 0.118. The number of benzene rings is 3. The Morgan fingerprint density at radius 2 is 1.61 bits per heavy atom. The van der Waals surface area contributed by atoms with Crippen LogP contribution in [0.5, 0.6) is 5.75 Å². The fourth-order valence-corrected chi connectivity index (χ4v) is 9.45. The molecule has 0 saturated carbocycles. The summed E-state index contributed by atoms with van der Waals surface area (Å²) in [6.07, 6.45) is 3.47. The van der Waals surface area contributed by atoms with E-state index in [9.17, 15) is 19.2 Å². The van der Waals surface area contributed by atoms with Crippen LogP contribution in [-0.2, 0) is 36.8 Å². The van der Waals surface area contributed by atoms with Crippen molar-refractivity contribution in [2.75, 3.05) is 41.0 Å². The fraction of sp³-hybridized carbons (Fsp3) is 0.478. The Bertz CT molecular complexity index is 2390. The van der Waals surface area contributed by atoms with Crippen molar-refractivity contribution in [2.45, 2.75) is 84.2 Å². The number of alkyl carbamates (subject to hydrolysis) is 2. The molecule has 1 aromatic heterocycles.